The number of imidazole rings is 2. The van der Waals surface area contributed by atoms with Crippen LogP contribution in [0.5, 0.6) is 0 Å². The molecule has 0 spiro atoms. The number of benzene rings is 1. The number of hydrogen-bond donors (Lipinski definition) is 4. The van der Waals surface area contributed by atoms with Gasteiger partial charge in [0.25, 0.3) is 0 Å². The van der Waals surface area contributed by atoms with Crippen LogP contribution in [0.4, 0.5) is 9.59 Å². The van der Waals surface area contributed by atoms with Crippen molar-refractivity contribution in [3.63, 3.8) is 0 Å². The summed E-state index contributed by atoms with van der Waals surface area (Å²) in [5.74, 6) is 13.5. The van der Waals surface area contributed by atoms with Crippen LogP contribution < -0.4 is 10.6 Å². The van der Waals surface area contributed by atoms with Crippen molar-refractivity contribution in [2.75, 3.05) is 13.7 Å². The Morgan fingerprint density at radius 1 is 0.936 bits per heavy atom. The van der Waals surface area contributed by atoms with Crippen LogP contribution in [0.1, 0.15) is 101 Å². The molecule has 12 heteroatoms. The van der Waals surface area contributed by atoms with E-state index in [1.165, 1.54) is 7.11 Å². The number of aromatic amines is 2. The molecule has 1 saturated heterocycles. The van der Waals surface area contributed by atoms with Crippen molar-refractivity contribution in [1.29, 1.82) is 0 Å². The van der Waals surface area contributed by atoms with Crippen LogP contribution in [0.15, 0.2) is 36.7 Å². The van der Waals surface area contributed by atoms with E-state index in [0.717, 1.165) is 17.5 Å². The lowest BCUT2D eigenvalue weighted by molar-refractivity contribution is -0.124. The fourth-order valence-corrected chi connectivity index (χ4v) is 5.03. The van der Waals surface area contributed by atoms with Gasteiger partial charge in [0, 0.05) is 17.7 Å². The van der Waals surface area contributed by atoms with E-state index in [1.807, 2.05) is 58.9 Å². The summed E-state index contributed by atoms with van der Waals surface area (Å²) in [5.41, 5.74) is 2.29. The molecule has 12 nitrogen and oxygen atoms in total. The van der Waals surface area contributed by atoms with E-state index >= 15 is 0 Å². The van der Waals surface area contributed by atoms with Crippen molar-refractivity contribution in [3.8, 4) is 23.7 Å². The maximum atomic E-state index is 12.8. The molecule has 3 amide bonds. The first kappa shape index (κ1) is 34.6. The second kappa shape index (κ2) is 14.9. The van der Waals surface area contributed by atoms with Gasteiger partial charge in [0.1, 0.15) is 34.7 Å². The Morgan fingerprint density at radius 3 is 2.11 bits per heavy atom. The number of H-pyrrole nitrogens is 2. The number of carbonyl (C=O) groups excluding carboxylic acids is 3. The lowest BCUT2D eigenvalue weighted by Crippen LogP contribution is -2.50. The Bertz CT molecular complexity index is 1700. The van der Waals surface area contributed by atoms with Crippen LogP contribution >= 0.6 is 0 Å². The summed E-state index contributed by atoms with van der Waals surface area (Å²) < 4.78 is 10.2. The fraction of sp³-hybridized carbons (Fsp3) is 0.457. The number of carbonyl (C=O) groups is 3. The van der Waals surface area contributed by atoms with E-state index < -0.39 is 23.8 Å². The zero-order valence-electron chi connectivity index (χ0n) is 28.1. The first-order chi connectivity index (χ1) is 22.2. The quantitative estimate of drug-likeness (QED) is 0.282. The summed E-state index contributed by atoms with van der Waals surface area (Å²) in [5, 5.41) is 5.42. The normalized spacial score (nSPS) is 17.1. The van der Waals surface area contributed by atoms with Crippen LogP contribution in [0.3, 0.4) is 0 Å². The zero-order chi connectivity index (χ0) is 34.3. The highest BCUT2D eigenvalue weighted by molar-refractivity contribution is 5.86. The van der Waals surface area contributed by atoms with E-state index in [2.05, 4.69) is 65.9 Å². The van der Waals surface area contributed by atoms with Crippen LogP contribution in [0, 0.1) is 35.5 Å². The summed E-state index contributed by atoms with van der Waals surface area (Å²) in [6.45, 7) is 13.8. The highest BCUT2D eigenvalue weighted by Crippen LogP contribution is 2.35. The molecule has 1 fully saturated rings. The van der Waals surface area contributed by atoms with Gasteiger partial charge in [-0.2, -0.15) is 0 Å². The standard InChI is InChI=1S/C35H43N7O5/c1-21(2)29(41-33(44)46-8)32(43)38-23(4)30-36-18-26(39-30)15-13-24-9-11-25(12-10-24)14-16-27-19-37-31(40-27)28-17-22(3)20-42(28)34(45)47-35(5,6)7/h9-12,18-19,21-23,28-29H,17,20H2,1-8H3,(H,36,39)(H,37,40)(H,38,43)(H,41,44)/t22-,23-,28-,29-/m0/s1. The molecule has 2 aromatic heterocycles. The lowest BCUT2D eigenvalue weighted by Gasteiger charge is -2.27. The van der Waals surface area contributed by atoms with E-state index in [1.54, 1.807) is 24.2 Å². The number of hydrogen-bond acceptors (Lipinski definition) is 7. The molecule has 0 radical (unpaired) electrons. The van der Waals surface area contributed by atoms with Crippen molar-refractivity contribution in [2.45, 2.75) is 78.6 Å². The summed E-state index contributed by atoms with van der Waals surface area (Å²) in [4.78, 5) is 54.2. The summed E-state index contributed by atoms with van der Waals surface area (Å²) in [6.07, 6.45) is 3.08. The highest BCUT2D eigenvalue weighted by atomic mass is 16.6. The van der Waals surface area contributed by atoms with Crippen molar-refractivity contribution < 1.29 is 23.9 Å². The number of nitrogens with one attached hydrogen (secondary N) is 4. The van der Waals surface area contributed by atoms with Gasteiger partial charge in [0.05, 0.1) is 31.6 Å². The molecule has 47 heavy (non-hydrogen) atoms. The molecular weight excluding hydrogens is 598 g/mol. The average molecular weight is 642 g/mol. The molecule has 0 bridgehead atoms. The lowest BCUT2D eigenvalue weighted by atomic mass is 10.0. The molecular formula is C35H43N7O5. The minimum absolute atomic E-state index is 0.139. The number of methoxy groups -OCH3 is 1. The van der Waals surface area contributed by atoms with Gasteiger partial charge in [-0.1, -0.05) is 32.6 Å². The number of ether oxygens (including phenoxy) is 2. The van der Waals surface area contributed by atoms with Gasteiger partial charge in [0.2, 0.25) is 5.91 Å². The second-order valence-corrected chi connectivity index (χ2v) is 13.0. The third kappa shape index (κ3) is 9.63. The Kier molecular flexibility index (Phi) is 11.0. The maximum absolute atomic E-state index is 12.8. The monoisotopic (exact) mass is 641 g/mol. The Hall–Kier alpha value is -5.23. The predicted octanol–water partition coefficient (Wildman–Crippen LogP) is 4.81. The summed E-state index contributed by atoms with van der Waals surface area (Å²) >= 11 is 0. The van der Waals surface area contributed by atoms with Crippen molar-refractivity contribution in [3.05, 3.63) is 70.8 Å². The van der Waals surface area contributed by atoms with E-state index in [9.17, 15) is 14.4 Å². The first-order valence-electron chi connectivity index (χ1n) is 15.6. The average Bonchev–Trinajstić information content (AvgIpc) is 3.77. The molecule has 1 aliphatic heterocycles. The predicted molar refractivity (Wildman–Crippen MR) is 176 cm³/mol. The van der Waals surface area contributed by atoms with E-state index in [0.29, 0.717) is 35.5 Å². The minimum Gasteiger partial charge on any atom is -0.453 e. The molecule has 0 unspecified atom stereocenters. The van der Waals surface area contributed by atoms with E-state index in [-0.39, 0.29) is 24.0 Å². The SMILES string of the molecule is COC(=O)N[C@H](C(=O)N[C@@H](C)c1ncc(C#Cc2ccc(C#Cc3cnc([C@@H]4C[C@H](C)CN4C(=O)OC(C)(C)C)[nH]3)cc2)[nH]1)C(C)C. The third-order valence-corrected chi connectivity index (χ3v) is 7.39. The number of nitrogens with zero attached hydrogens (tertiary/aromatic N) is 3. The minimum atomic E-state index is -0.749. The van der Waals surface area contributed by atoms with Gasteiger partial charge in [-0.25, -0.2) is 19.6 Å². The Balaban J connectivity index is 1.35. The zero-order valence-corrected chi connectivity index (χ0v) is 28.1. The molecule has 4 N–H and O–H groups in total. The number of aromatic nitrogens is 4. The largest absolute Gasteiger partial charge is 0.453 e. The van der Waals surface area contributed by atoms with E-state index in [4.69, 9.17) is 4.74 Å². The van der Waals surface area contributed by atoms with Crippen LogP contribution in [-0.2, 0) is 14.3 Å². The maximum Gasteiger partial charge on any atom is 0.410 e. The molecule has 4 rings (SSSR count). The smallest absolute Gasteiger partial charge is 0.410 e. The molecule has 248 valence electrons. The molecule has 4 atom stereocenters. The van der Waals surface area contributed by atoms with Gasteiger partial charge in [-0.15, -0.1) is 0 Å². The number of amides is 3. The van der Waals surface area contributed by atoms with Crippen molar-refractivity contribution in [1.82, 2.24) is 35.5 Å². The summed E-state index contributed by atoms with van der Waals surface area (Å²) in [7, 11) is 1.25. The number of rotatable bonds is 6. The molecule has 0 aliphatic carbocycles. The van der Waals surface area contributed by atoms with Gasteiger partial charge < -0.3 is 30.1 Å². The van der Waals surface area contributed by atoms with Crippen LogP contribution in [0.25, 0.3) is 0 Å². The molecule has 1 aromatic carbocycles. The topological polar surface area (TPSA) is 154 Å². The van der Waals surface area contributed by atoms with Gasteiger partial charge in [0.15, 0.2) is 0 Å². The van der Waals surface area contributed by atoms with Crippen molar-refractivity contribution in [2.24, 2.45) is 11.8 Å². The number of alkyl carbamates (subject to hydrolysis) is 1. The van der Waals surface area contributed by atoms with Crippen LogP contribution in [-0.4, -0.2) is 68.2 Å². The van der Waals surface area contributed by atoms with Gasteiger partial charge in [-0.3, -0.25) is 9.69 Å². The number of likely N-dealkylation sites (tertiary alicyclic amines) is 1. The summed E-state index contributed by atoms with van der Waals surface area (Å²) in [6, 6.07) is 6.17. The Labute approximate surface area is 275 Å². The molecule has 0 saturated carbocycles. The molecule has 3 heterocycles. The van der Waals surface area contributed by atoms with Crippen LogP contribution in [0.2, 0.25) is 0 Å². The van der Waals surface area contributed by atoms with Gasteiger partial charge in [-0.05, 0) is 82.1 Å². The van der Waals surface area contributed by atoms with Gasteiger partial charge >= 0.3 is 12.2 Å². The fourth-order valence-electron chi connectivity index (χ4n) is 5.03. The van der Waals surface area contributed by atoms with Crippen molar-refractivity contribution >= 4 is 18.1 Å². The highest BCUT2D eigenvalue weighted by Gasteiger charge is 2.38. The third-order valence-electron chi connectivity index (χ3n) is 7.39. The first-order valence-corrected chi connectivity index (χ1v) is 15.6. The molecule has 3 aromatic rings. The molecule has 1 aliphatic rings. The second-order valence-electron chi connectivity index (χ2n) is 13.0. The Morgan fingerprint density at radius 2 is 1.53 bits per heavy atom.